The van der Waals surface area contributed by atoms with E-state index in [-0.39, 0.29) is 24.0 Å². The van der Waals surface area contributed by atoms with Crippen molar-refractivity contribution in [2.24, 2.45) is 16.6 Å². The molecule has 0 spiro atoms. The van der Waals surface area contributed by atoms with Crippen LogP contribution in [-0.4, -0.2) is 26.2 Å². The number of aliphatic imine (C=N–C) groups is 1. The molecule has 0 aliphatic rings. The quantitative estimate of drug-likeness (QED) is 0.385. The molecule has 0 unspecified atom stereocenters. The van der Waals surface area contributed by atoms with Crippen LogP contribution in [0.5, 0.6) is 11.5 Å². The summed E-state index contributed by atoms with van der Waals surface area (Å²) < 4.78 is 10.8. The Morgan fingerprint density at radius 3 is 2.64 bits per heavy atom. The Hall–Kier alpha value is -1.18. The number of guanidine groups is 1. The van der Waals surface area contributed by atoms with Crippen molar-refractivity contribution in [3.63, 3.8) is 0 Å². The SMILES string of the molecule is CCOc1ccc(CN=C(N)NCCC(C)C)cc1OC.I. The van der Waals surface area contributed by atoms with Gasteiger partial charge in [-0.05, 0) is 37.0 Å². The van der Waals surface area contributed by atoms with Crippen LogP contribution in [0.15, 0.2) is 23.2 Å². The summed E-state index contributed by atoms with van der Waals surface area (Å²) in [4.78, 5) is 4.33. The zero-order valence-electron chi connectivity index (χ0n) is 13.9. The van der Waals surface area contributed by atoms with E-state index >= 15 is 0 Å². The minimum Gasteiger partial charge on any atom is -0.493 e. The Morgan fingerprint density at radius 2 is 2.05 bits per heavy atom. The summed E-state index contributed by atoms with van der Waals surface area (Å²) in [6.07, 6.45) is 1.08. The van der Waals surface area contributed by atoms with Crippen molar-refractivity contribution in [1.29, 1.82) is 0 Å². The molecule has 0 amide bonds. The average Bonchev–Trinajstić information content (AvgIpc) is 2.46. The van der Waals surface area contributed by atoms with Crippen molar-refractivity contribution in [2.75, 3.05) is 20.3 Å². The summed E-state index contributed by atoms with van der Waals surface area (Å²) in [5.41, 5.74) is 6.87. The largest absolute Gasteiger partial charge is 0.493 e. The van der Waals surface area contributed by atoms with Gasteiger partial charge in [-0.25, -0.2) is 4.99 Å². The van der Waals surface area contributed by atoms with E-state index in [1.165, 1.54) is 0 Å². The number of ether oxygens (including phenoxy) is 2. The molecule has 1 rings (SSSR count). The second kappa shape index (κ2) is 11.4. The fourth-order valence-corrected chi connectivity index (χ4v) is 1.81. The smallest absolute Gasteiger partial charge is 0.188 e. The molecule has 0 fully saturated rings. The first-order valence-corrected chi connectivity index (χ1v) is 7.40. The molecule has 0 atom stereocenters. The van der Waals surface area contributed by atoms with Crippen molar-refractivity contribution in [2.45, 2.75) is 33.7 Å². The maximum atomic E-state index is 5.84. The zero-order valence-corrected chi connectivity index (χ0v) is 16.2. The van der Waals surface area contributed by atoms with Crippen molar-refractivity contribution in [3.05, 3.63) is 23.8 Å². The molecule has 22 heavy (non-hydrogen) atoms. The Kier molecular flexibility index (Phi) is 10.8. The molecule has 126 valence electrons. The number of rotatable bonds is 8. The molecule has 0 aliphatic heterocycles. The lowest BCUT2D eigenvalue weighted by Crippen LogP contribution is -2.32. The summed E-state index contributed by atoms with van der Waals surface area (Å²) >= 11 is 0. The highest BCUT2D eigenvalue weighted by Crippen LogP contribution is 2.28. The molecule has 0 saturated heterocycles. The second-order valence-electron chi connectivity index (χ2n) is 5.23. The van der Waals surface area contributed by atoms with Crippen LogP contribution in [0.25, 0.3) is 0 Å². The summed E-state index contributed by atoms with van der Waals surface area (Å²) in [6.45, 7) is 8.28. The van der Waals surface area contributed by atoms with E-state index in [4.69, 9.17) is 15.2 Å². The summed E-state index contributed by atoms with van der Waals surface area (Å²) in [5, 5.41) is 3.12. The number of methoxy groups -OCH3 is 1. The van der Waals surface area contributed by atoms with E-state index in [2.05, 4.69) is 24.2 Å². The van der Waals surface area contributed by atoms with Crippen LogP contribution >= 0.6 is 24.0 Å². The van der Waals surface area contributed by atoms with Crippen LogP contribution in [0.2, 0.25) is 0 Å². The van der Waals surface area contributed by atoms with Gasteiger partial charge in [0.05, 0.1) is 20.3 Å². The van der Waals surface area contributed by atoms with Gasteiger partial charge in [0.25, 0.3) is 0 Å². The highest BCUT2D eigenvalue weighted by molar-refractivity contribution is 14.0. The number of halogens is 1. The first kappa shape index (κ1) is 20.8. The lowest BCUT2D eigenvalue weighted by molar-refractivity contribution is 0.310. The van der Waals surface area contributed by atoms with Crippen molar-refractivity contribution in [3.8, 4) is 11.5 Å². The van der Waals surface area contributed by atoms with E-state index in [1.807, 2.05) is 25.1 Å². The molecule has 0 saturated carbocycles. The molecule has 1 aromatic carbocycles. The van der Waals surface area contributed by atoms with Gasteiger partial charge >= 0.3 is 0 Å². The predicted octanol–water partition coefficient (Wildman–Crippen LogP) is 3.16. The summed E-state index contributed by atoms with van der Waals surface area (Å²) in [5.74, 6) is 2.59. The van der Waals surface area contributed by atoms with Crippen LogP contribution in [0.3, 0.4) is 0 Å². The molecule has 0 heterocycles. The monoisotopic (exact) mass is 421 g/mol. The minimum absolute atomic E-state index is 0. The predicted molar refractivity (Wildman–Crippen MR) is 102 cm³/mol. The topological polar surface area (TPSA) is 68.9 Å². The Labute approximate surface area is 150 Å². The first-order chi connectivity index (χ1) is 10.1. The molecular weight excluding hydrogens is 393 g/mol. The number of hydrogen-bond acceptors (Lipinski definition) is 3. The number of benzene rings is 1. The lowest BCUT2D eigenvalue weighted by atomic mass is 10.1. The van der Waals surface area contributed by atoms with Crippen LogP contribution in [0.4, 0.5) is 0 Å². The Bertz CT molecular complexity index is 465. The molecule has 1 aromatic rings. The van der Waals surface area contributed by atoms with Gasteiger partial charge in [-0.15, -0.1) is 24.0 Å². The maximum Gasteiger partial charge on any atom is 0.188 e. The van der Waals surface area contributed by atoms with E-state index in [9.17, 15) is 0 Å². The molecule has 5 nitrogen and oxygen atoms in total. The van der Waals surface area contributed by atoms with Crippen LogP contribution < -0.4 is 20.5 Å². The third kappa shape index (κ3) is 7.72. The van der Waals surface area contributed by atoms with Gasteiger partial charge in [0.2, 0.25) is 0 Å². The minimum atomic E-state index is 0. The summed E-state index contributed by atoms with van der Waals surface area (Å²) in [6, 6.07) is 5.80. The van der Waals surface area contributed by atoms with Gasteiger partial charge in [-0.1, -0.05) is 19.9 Å². The third-order valence-electron chi connectivity index (χ3n) is 2.99. The first-order valence-electron chi connectivity index (χ1n) is 7.40. The highest BCUT2D eigenvalue weighted by atomic mass is 127. The highest BCUT2D eigenvalue weighted by Gasteiger charge is 2.05. The molecule has 0 radical (unpaired) electrons. The zero-order chi connectivity index (χ0) is 15.7. The standard InChI is InChI=1S/C16H27N3O2.HI/c1-5-21-14-7-6-13(10-15(14)20-4)11-19-16(17)18-9-8-12(2)3;/h6-7,10,12H,5,8-9,11H2,1-4H3,(H3,17,18,19);1H. The van der Waals surface area contributed by atoms with Crippen molar-refractivity contribution >= 4 is 29.9 Å². The molecule has 3 N–H and O–H groups in total. The van der Waals surface area contributed by atoms with Gasteiger partial charge < -0.3 is 20.5 Å². The van der Waals surface area contributed by atoms with Gasteiger partial charge in [0.15, 0.2) is 17.5 Å². The molecule has 6 heteroatoms. The normalized spacial score (nSPS) is 11.0. The van der Waals surface area contributed by atoms with Gasteiger partial charge in [0, 0.05) is 6.54 Å². The Balaban J connectivity index is 0.00000441. The Morgan fingerprint density at radius 1 is 1.32 bits per heavy atom. The number of nitrogens with one attached hydrogen (secondary N) is 1. The molecule has 0 bridgehead atoms. The third-order valence-corrected chi connectivity index (χ3v) is 2.99. The van der Waals surface area contributed by atoms with Gasteiger partial charge in [-0.3, -0.25) is 0 Å². The molecule has 0 aliphatic carbocycles. The molecule has 0 aromatic heterocycles. The van der Waals surface area contributed by atoms with E-state index < -0.39 is 0 Å². The fraction of sp³-hybridized carbons (Fsp3) is 0.562. The van der Waals surface area contributed by atoms with E-state index in [0.717, 1.165) is 30.0 Å². The number of nitrogens with zero attached hydrogens (tertiary/aromatic N) is 1. The average molecular weight is 421 g/mol. The van der Waals surface area contributed by atoms with Crippen LogP contribution in [0, 0.1) is 5.92 Å². The number of hydrogen-bond donors (Lipinski definition) is 2. The summed E-state index contributed by atoms with van der Waals surface area (Å²) in [7, 11) is 1.63. The van der Waals surface area contributed by atoms with Crippen molar-refractivity contribution < 1.29 is 9.47 Å². The van der Waals surface area contributed by atoms with Crippen molar-refractivity contribution in [1.82, 2.24) is 5.32 Å². The second-order valence-corrected chi connectivity index (χ2v) is 5.23. The van der Waals surface area contributed by atoms with E-state index in [0.29, 0.717) is 25.0 Å². The van der Waals surface area contributed by atoms with Gasteiger partial charge in [0.1, 0.15) is 0 Å². The lowest BCUT2D eigenvalue weighted by Gasteiger charge is -2.10. The maximum absolute atomic E-state index is 5.84. The van der Waals surface area contributed by atoms with Gasteiger partial charge in [-0.2, -0.15) is 0 Å². The fourth-order valence-electron chi connectivity index (χ4n) is 1.81. The molecular formula is C16H28IN3O2. The number of nitrogens with two attached hydrogens (primary N) is 1. The van der Waals surface area contributed by atoms with Crippen LogP contribution in [0.1, 0.15) is 32.8 Å². The van der Waals surface area contributed by atoms with Crippen LogP contribution in [-0.2, 0) is 6.54 Å². The van der Waals surface area contributed by atoms with E-state index in [1.54, 1.807) is 7.11 Å².